The molecule has 0 atom stereocenters. The molecule has 3 aromatic rings. The van der Waals surface area contributed by atoms with Crippen molar-refractivity contribution < 1.29 is 0 Å². The lowest BCUT2D eigenvalue weighted by atomic mass is 10.2. The van der Waals surface area contributed by atoms with E-state index in [-0.39, 0.29) is 0 Å². The Hall–Kier alpha value is -1.76. The number of benzene rings is 1. The van der Waals surface area contributed by atoms with E-state index in [0.29, 0.717) is 0 Å². The molecule has 120 valence electrons. The Morgan fingerprint density at radius 1 is 1.17 bits per heavy atom. The maximum atomic E-state index is 6.16. The lowest BCUT2D eigenvalue weighted by Gasteiger charge is -2.15. The Morgan fingerprint density at radius 3 is 2.70 bits per heavy atom. The van der Waals surface area contributed by atoms with Crippen LogP contribution in [0.4, 0.5) is 0 Å². The van der Waals surface area contributed by atoms with Gasteiger partial charge in [0.1, 0.15) is 5.01 Å². The Bertz CT molecular complexity index is 819. The first-order valence-electron chi connectivity index (χ1n) is 7.57. The average Bonchev–Trinajstić information content (AvgIpc) is 3.13. The number of halogens is 1. The predicted molar refractivity (Wildman–Crippen MR) is 95.7 cm³/mol. The van der Waals surface area contributed by atoms with Crippen LogP contribution in [0.1, 0.15) is 30.2 Å². The van der Waals surface area contributed by atoms with Crippen LogP contribution < -0.4 is 0 Å². The van der Waals surface area contributed by atoms with Crippen LogP contribution in [0.15, 0.2) is 24.3 Å². The summed E-state index contributed by atoms with van der Waals surface area (Å²) in [5.74, 6) is 0.873. The Kier molecular flexibility index (Phi) is 5.05. The van der Waals surface area contributed by atoms with Gasteiger partial charge in [-0.3, -0.25) is 4.90 Å². The highest BCUT2D eigenvalue weighted by Gasteiger charge is 2.12. The highest BCUT2D eigenvalue weighted by atomic mass is 35.5. The van der Waals surface area contributed by atoms with Crippen LogP contribution in [-0.4, -0.2) is 37.8 Å². The van der Waals surface area contributed by atoms with E-state index in [2.05, 4.69) is 34.0 Å². The zero-order valence-electron chi connectivity index (χ0n) is 13.1. The van der Waals surface area contributed by atoms with Gasteiger partial charge in [0, 0.05) is 5.02 Å². The van der Waals surface area contributed by atoms with Crippen molar-refractivity contribution in [2.24, 2.45) is 0 Å². The minimum Gasteiger partial charge on any atom is -0.296 e. The number of aromatic nitrogens is 4. The summed E-state index contributed by atoms with van der Waals surface area (Å²) in [4.78, 5) is 3.10. The molecule has 0 unspecified atom stereocenters. The molecule has 0 aliphatic rings. The zero-order chi connectivity index (χ0) is 16.2. The van der Waals surface area contributed by atoms with E-state index < -0.39 is 0 Å². The average molecular weight is 348 g/mol. The fraction of sp³-hybridized carbons (Fsp3) is 0.312. The Labute approximate surface area is 144 Å². The van der Waals surface area contributed by atoms with Crippen molar-refractivity contribution in [3.05, 3.63) is 45.7 Å². The third kappa shape index (κ3) is 3.60. The number of nitrogens with zero attached hydrogens (tertiary/aromatic N) is 5. The summed E-state index contributed by atoms with van der Waals surface area (Å²) < 4.78 is 1.83. The molecule has 2 aromatic heterocycles. The molecular formula is C16H18ClN5S. The van der Waals surface area contributed by atoms with Gasteiger partial charge in [-0.05, 0) is 30.8 Å². The van der Waals surface area contributed by atoms with E-state index >= 15 is 0 Å². The summed E-state index contributed by atoms with van der Waals surface area (Å²) in [6.07, 6.45) is 3.93. The van der Waals surface area contributed by atoms with Crippen LogP contribution in [0, 0.1) is 0 Å². The van der Waals surface area contributed by atoms with Gasteiger partial charge in [0.25, 0.3) is 0 Å². The second-order valence-corrected chi connectivity index (χ2v) is 6.46. The molecule has 23 heavy (non-hydrogen) atoms. The second-order valence-electron chi connectivity index (χ2n) is 5.07. The Morgan fingerprint density at radius 2 is 1.96 bits per heavy atom. The second kappa shape index (κ2) is 7.21. The van der Waals surface area contributed by atoms with E-state index in [1.54, 1.807) is 0 Å². The zero-order valence-corrected chi connectivity index (χ0v) is 14.7. The molecule has 1 aromatic carbocycles. The number of hydrogen-bond acceptors (Lipinski definition) is 5. The molecule has 0 aliphatic heterocycles. The maximum absolute atomic E-state index is 6.16. The van der Waals surface area contributed by atoms with E-state index in [0.717, 1.165) is 46.0 Å². The molecule has 5 nitrogen and oxygen atoms in total. The predicted octanol–water partition coefficient (Wildman–Crippen LogP) is 3.85. The molecule has 2 heterocycles. The molecule has 0 bridgehead atoms. The minimum absolute atomic E-state index is 0.731. The standard InChI is InChI=1S/C16H18ClN5S/c1-3-21(4-2)11-14-18-19-16-22(14)20-15(23-16)10-9-12-7-5-6-8-13(12)17/h5-10H,3-4,11H2,1-2H3/b10-9+. The lowest BCUT2D eigenvalue weighted by Crippen LogP contribution is -2.23. The molecular weight excluding hydrogens is 330 g/mol. The van der Waals surface area contributed by atoms with E-state index in [1.165, 1.54) is 11.3 Å². The first-order chi connectivity index (χ1) is 11.2. The summed E-state index contributed by atoms with van der Waals surface area (Å²) >= 11 is 7.68. The molecule has 0 saturated carbocycles. The van der Waals surface area contributed by atoms with E-state index in [4.69, 9.17) is 11.6 Å². The van der Waals surface area contributed by atoms with Crippen LogP contribution >= 0.6 is 22.9 Å². The highest BCUT2D eigenvalue weighted by Crippen LogP contribution is 2.20. The van der Waals surface area contributed by atoms with Crippen LogP contribution in [0.3, 0.4) is 0 Å². The molecule has 0 fully saturated rings. The molecule has 0 amide bonds. The van der Waals surface area contributed by atoms with Crippen LogP contribution in [0.25, 0.3) is 17.1 Å². The molecule has 0 radical (unpaired) electrons. The SMILES string of the molecule is CCN(CC)Cc1nnc2sc(/C=C/c3ccccc3Cl)nn12. The summed E-state index contributed by atoms with van der Waals surface area (Å²) in [5, 5.41) is 14.7. The van der Waals surface area contributed by atoms with Gasteiger partial charge in [0.2, 0.25) is 4.96 Å². The fourth-order valence-corrected chi connectivity index (χ4v) is 3.22. The molecule has 0 saturated heterocycles. The number of rotatable bonds is 6. The summed E-state index contributed by atoms with van der Waals surface area (Å²) in [5.41, 5.74) is 0.975. The topological polar surface area (TPSA) is 46.3 Å². The van der Waals surface area contributed by atoms with Crippen molar-refractivity contribution in [1.82, 2.24) is 24.7 Å². The van der Waals surface area contributed by atoms with Crippen molar-refractivity contribution in [2.75, 3.05) is 13.1 Å². The molecule has 0 spiro atoms. The van der Waals surface area contributed by atoms with Gasteiger partial charge in [0.05, 0.1) is 6.54 Å². The number of hydrogen-bond donors (Lipinski definition) is 0. The number of fused-ring (bicyclic) bond motifs is 1. The lowest BCUT2D eigenvalue weighted by molar-refractivity contribution is 0.286. The third-order valence-corrected chi connectivity index (χ3v) is 4.85. The molecule has 3 rings (SSSR count). The third-order valence-electron chi connectivity index (χ3n) is 3.64. The van der Waals surface area contributed by atoms with Gasteiger partial charge in [0.15, 0.2) is 5.82 Å². The van der Waals surface area contributed by atoms with Crippen molar-refractivity contribution in [2.45, 2.75) is 20.4 Å². The van der Waals surface area contributed by atoms with E-state index in [9.17, 15) is 0 Å². The summed E-state index contributed by atoms with van der Waals surface area (Å²) in [7, 11) is 0. The van der Waals surface area contributed by atoms with Crippen LogP contribution in [0.2, 0.25) is 5.02 Å². The molecule has 0 N–H and O–H groups in total. The van der Waals surface area contributed by atoms with Crippen LogP contribution in [0.5, 0.6) is 0 Å². The summed E-state index contributed by atoms with van der Waals surface area (Å²) in [6, 6.07) is 7.74. The quantitative estimate of drug-likeness (QED) is 0.679. The fourth-order valence-electron chi connectivity index (χ4n) is 2.26. The van der Waals surface area contributed by atoms with Gasteiger partial charge in [-0.25, -0.2) is 0 Å². The normalized spacial score (nSPS) is 12.0. The van der Waals surface area contributed by atoms with Gasteiger partial charge in [-0.15, -0.1) is 10.2 Å². The van der Waals surface area contributed by atoms with Gasteiger partial charge in [-0.1, -0.05) is 61.1 Å². The van der Waals surface area contributed by atoms with Gasteiger partial charge < -0.3 is 0 Å². The van der Waals surface area contributed by atoms with Crippen molar-refractivity contribution in [3.8, 4) is 0 Å². The van der Waals surface area contributed by atoms with E-state index in [1.807, 2.05) is 40.9 Å². The molecule has 7 heteroatoms. The Balaban J connectivity index is 1.83. The van der Waals surface area contributed by atoms with Gasteiger partial charge in [-0.2, -0.15) is 9.61 Å². The molecule has 0 aliphatic carbocycles. The van der Waals surface area contributed by atoms with Crippen molar-refractivity contribution in [3.63, 3.8) is 0 Å². The van der Waals surface area contributed by atoms with Crippen LogP contribution in [-0.2, 0) is 6.54 Å². The largest absolute Gasteiger partial charge is 0.296 e. The minimum atomic E-state index is 0.731. The highest BCUT2D eigenvalue weighted by molar-refractivity contribution is 7.17. The monoisotopic (exact) mass is 347 g/mol. The summed E-state index contributed by atoms with van der Waals surface area (Å²) in [6.45, 7) is 7.00. The first kappa shape index (κ1) is 16.1. The van der Waals surface area contributed by atoms with Gasteiger partial charge >= 0.3 is 0 Å². The maximum Gasteiger partial charge on any atom is 0.235 e. The van der Waals surface area contributed by atoms with Crippen molar-refractivity contribution in [1.29, 1.82) is 0 Å². The first-order valence-corrected chi connectivity index (χ1v) is 8.76. The van der Waals surface area contributed by atoms with Crippen molar-refractivity contribution >= 4 is 40.1 Å². The smallest absolute Gasteiger partial charge is 0.235 e.